The van der Waals surface area contributed by atoms with Gasteiger partial charge < -0.3 is 15.8 Å². The van der Waals surface area contributed by atoms with Crippen molar-refractivity contribution in [2.24, 2.45) is 5.73 Å². The lowest BCUT2D eigenvalue weighted by atomic mass is 9.85. The smallest absolute Gasteiger partial charge is 0.0595 e. The Hall–Kier alpha value is -1.06. The van der Waals surface area contributed by atoms with Crippen molar-refractivity contribution in [3.8, 4) is 0 Å². The summed E-state index contributed by atoms with van der Waals surface area (Å²) in [5, 5.41) is 3.60. The van der Waals surface area contributed by atoms with Gasteiger partial charge in [-0.2, -0.15) is 0 Å². The number of nitrogens with two attached hydrogens (primary N) is 1. The van der Waals surface area contributed by atoms with Gasteiger partial charge in [-0.25, -0.2) is 0 Å². The zero-order valence-corrected chi connectivity index (χ0v) is 10.5. The van der Waals surface area contributed by atoms with Gasteiger partial charge in [-0.15, -0.1) is 0 Å². The number of ether oxygens (including phenoxy) is 1. The highest BCUT2D eigenvalue weighted by Crippen LogP contribution is 2.29. The van der Waals surface area contributed by atoms with Crippen LogP contribution in [0.5, 0.6) is 0 Å². The van der Waals surface area contributed by atoms with E-state index in [1.165, 1.54) is 0 Å². The van der Waals surface area contributed by atoms with Gasteiger partial charge in [0.15, 0.2) is 0 Å². The van der Waals surface area contributed by atoms with E-state index >= 15 is 0 Å². The monoisotopic (exact) mass is 234 g/mol. The van der Waals surface area contributed by atoms with Gasteiger partial charge >= 0.3 is 0 Å². The van der Waals surface area contributed by atoms with Crippen LogP contribution in [0.2, 0.25) is 0 Å². The Labute approximate surface area is 103 Å². The average Bonchev–Trinajstić information content (AvgIpc) is 2.40. The van der Waals surface area contributed by atoms with Crippen LogP contribution in [0.4, 0.5) is 5.69 Å². The highest BCUT2D eigenvalue weighted by Gasteiger charge is 2.35. The van der Waals surface area contributed by atoms with Gasteiger partial charge in [0.2, 0.25) is 0 Å². The summed E-state index contributed by atoms with van der Waals surface area (Å²) in [6.45, 7) is 3.62. The number of hydrogen-bond donors (Lipinski definition) is 2. The van der Waals surface area contributed by atoms with Gasteiger partial charge in [0.05, 0.1) is 11.6 Å². The maximum Gasteiger partial charge on any atom is 0.0595 e. The summed E-state index contributed by atoms with van der Waals surface area (Å²) in [4.78, 5) is 0. The molecule has 94 valence electrons. The van der Waals surface area contributed by atoms with Crippen LogP contribution in [0, 0.1) is 0 Å². The van der Waals surface area contributed by atoms with Crippen molar-refractivity contribution in [1.29, 1.82) is 0 Å². The molecule has 0 bridgehead atoms. The third-order valence-corrected chi connectivity index (χ3v) is 3.58. The van der Waals surface area contributed by atoms with E-state index in [0.717, 1.165) is 31.6 Å². The summed E-state index contributed by atoms with van der Waals surface area (Å²) < 4.78 is 5.73. The lowest BCUT2D eigenvalue weighted by Gasteiger charge is -2.41. The minimum absolute atomic E-state index is 0.000278. The minimum atomic E-state index is 0.000278. The molecule has 2 rings (SSSR count). The highest BCUT2D eigenvalue weighted by atomic mass is 16.5. The Bertz CT molecular complexity index is 341. The first-order valence-corrected chi connectivity index (χ1v) is 6.43. The van der Waals surface area contributed by atoms with E-state index in [-0.39, 0.29) is 5.54 Å². The number of nitrogens with one attached hydrogen (secondary N) is 1. The molecule has 0 saturated carbocycles. The SMILES string of the molecule is CCC1CC(CN)(Nc2ccccc2)CCO1. The maximum absolute atomic E-state index is 5.98. The van der Waals surface area contributed by atoms with E-state index in [4.69, 9.17) is 10.5 Å². The number of para-hydroxylation sites is 1. The largest absolute Gasteiger partial charge is 0.378 e. The second-order valence-corrected chi connectivity index (χ2v) is 4.83. The van der Waals surface area contributed by atoms with E-state index in [2.05, 4.69) is 24.4 Å². The molecule has 1 saturated heterocycles. The molecule has 1 aromatic rings. The predicted octanol–water partition coefficient (Wildman–Crippen LogP) is 2.39. The summed E-state index contributed by atoms with van der Waals surface area (Å²) in [7, 11) is 0. The Morgan fingerprint density at radius 3 is 2.82 bits per heavy atom. The zero-order chi connectivity index (χ0) is 12.1. The summed E-state index contributed by atoms with van der Waals surface area (Å²) in [6, 6.07) is 10.3. The van der Waals surface area contributed by atoms with Gasteiger partial charge in [-0.1, -0.05) is 25.1 Å². The van der Waals surface area contributed by atoms with Crippen LogP contribution in [0.3, 0.4) is 0 Å². The normalized spacial score (nSPS) is 28.9. The van der Waals surface area contributed by atoms with Crippen molar-refractivity contribution in [1.82, 2.24) is 0 Å². The molecule has 3 heteroatoms. The molecule has 3 nitrogen and oxygen atoms in total. The van der Waals surface area contributed by atoms with Crippen LogP contribution in [0.25, 0.3) is 0 Å². The molecule has 17 heavy (non-hydrogen) atoms. The molecule has 0 amide bonds. The quantitative estimate of drug-likeness (QED) is 0.841. The van der Waals surface area contributed by atoms with E-state index < -0.39 is 0 Å². The molecule has 2 atom stereocenters. The van der Waals surface area contributed by atoms with Gasteiger partial charge in [0, 0.05) is 18.8 Å². The molecule has 0 aromatic heterocycles. The third-order valence-electron chi connectivity index (χ3n) is 3.58. The lowest BCUT2D eigenvalue weighted by molar-refractivity contribution is -0.0125. The van der Waals surface area contributed by atoms with Gasteiger partial charge in [0.25, 0.3) is 0 Å². The summed E-state index contributed by atoms with van der Waals surface area (Å²) in [5.41, 5.74) is 7.13. The summed E-state index contributed by atoms with van der Waals surface area (Å²) in [5.74, 6) is 0. The van der Waals surface area contributed by atoms with Crippen molar-refractivity contribution in [3.63, 3.8) is 0 Å². The molecule has 3 N–H and O–H groups in total. The molecular formula is C14H22N2O. The lowest BCUT2D eigenvalue weighted by Crippen LogP contribution is -2.52. The van der Waals surface area contributed by atoms with Crippen molar-refractivity contribution >= 4 is 5.69 Å². The summed E-state index contributed by atoms with van der Waals surface area (Å²) >= 11 is 0. The molecule has 1 aromatic carbocycles. The molecule has 1 heterocycles. The molecule has 2 unspecified atom stereocenters. The van der Waals surface area contributed by atoms with Gasteiger partial charge in [0.1, 0.15) is 0 Å². The second kappa shape index (κ2) is 5.52. The molecule has 1 aliphatic heterocycles. The van der Waals surface area contributed by atoms with Crippen LogP contribution >= 0.6 is 0 Å². The van der Waals surface area contributed by atoms with E-state index in [1.807, 2.05) is 18.2 Å². The molecule has 0 spiro atoms. The molecule has 1 aliphatic rings. The van der Waals surface area contributed by atoms with Crippen molar-refractivity contribution in [3.05, 3.63) is 30.3 Å². The fourth-order valence-corrected chi connectivity index (χ4v) is 2.46. The number of anilines is 1. The first-order chi connectivity index (χ1) is 8.28. The zero-order valence-electron chi connectivity index (χ0n) is 10.5. The maximum atomic E-state index is 5.98. The topological polar surface area (TPSA) is 47.3 Å². The Balaban J connectivity index is 2.08. The van der Waals surface area contributed by atoms with Crippen LogP contribution in [-0.2, 0) is 4.74 Å². The molecular weight excluding hydrogens is 212 g/mol. The van der Waals surface area contributed by atoms with Gasteiger partial charge in [-0.3, -0.25) is 0 Å². The van der Waals surface area contributed by atoms with Crippen LogP contribution in [0.1, 0.15) is 26.2 Å². The average molecular weight is 234 g/mol. The Morgan fingerprint density at radius 2 is 2.18 bits per heavy atom. The van der Waals surface area contributed by atoms with E-state index in [1.54, 1.807) is 0 Å². The van der Waals surface area contributed by atoms with Crippen LogP contribution in [0.15, 0.2) is 30.3 Å². The van der Waals surface area contributed by atoms with Crippen molar-refractivity contribution in [2.45, 2.75) is 37.8 Å². The molecule has 0 radical (unpaired) electrons. The van der Waals surface area contributed by atoms with Crippen LogP contribution in [-0.4, -0.2) is 24.8 Å². The standard InChI is InChI=1S/C14H22N2O/c1-2-13-10-14(11-15,8-9-17-13)16-12-6-4-3-5-7-12/h3-7,13,16H,2,8-11,15H2,1H3. The fourth-order valence-electron chi connectivity index (χ4n) is 2.46. The van der Waals surface area contributed by atoms with Gasteiger partial charge in [-0.05, 0) is 31.4 Å². The Morgan fingerprint density at radius 1 is 1.41 bits per heavy atom. The second-order valence-electron chi connectivity index (χ2n) is 4.83. The van der Waals surface area contributed by atoms with Crippen LogP contribution < -0.4 is 11.1 Å². The van der Waals surface area contributed by atoms with Crippen molar-refractivity contribution < 1.29 is 4.74 Å². The predicted molar refractivity (Wildman–Crippen MR) is 71.1 cm³/mol. The first kappa shape index (κ1) is 12.4. The third kappa shape index (κ3) is 2.99. The van der Waals surface area contributed by atoms with Crippen molar-refractivity contribution in [2.75, 3.05) is 18.5 Å². The number of hydrogen-bond acceptors (Lipinski definition) is 3. The number of rotatable bonds is 4. The fraction of sp³-hybridized carbons (Fsp3) is 0.571. The van der Waals surface area contributed by atoms with E-state index in [9.17, 15) is 0 Å². The minimum Gasteiger partial charge on any atom is -0.378 e. The Kier molecular flexibility index (Phi) is 4.02. The first-order valence-electron chi connectivity index (χ1n) is 6.43. The van der Waals surface area contributed by atoms with E-state index in [0.29, 0.717) is 12.6 Å². The molecule has 0 aliphatic carbocycles. The highest BCUT2D eigenvalue weighted by molar-refractivity contribution is 5.45. The summed E-state index contributed by atoms with van der Waals surface area (Å²) in [6.07, 6.45) is 3.37. The number of benzene rings is 1. The molecule has 1 fully saturated rings.